The summed E-state index contributed by atoms with van der Waals surface area (Å²) in [5, 5.41) is 22.6. The molecule has 0 aliphatic rings. The van der Waals surface area contributed by atoms with Crippen LogP contribution >= 0.6 is 0 Å². The van der Waals surface area contributed by atoms with Gasteiger partial charge in [-0.25, -0.2) is 4.98 Å². The Balaban J connectivity index is 1.89. The van der Waals surface area contributed by atoms with E-state index in [1.807, 2.05) is 18.2 Å². The first-order chi connectivity index (χ1) is 10.2. The zero-order valence-electron chi connectivity index (χ0n) is 11.3. The maximum atomic E-state index is 10.7. The SMILES string of the molecule is N#Cc1nc(NCCCc2ccccc2)ccc1[N+](=O)[O-]. The van der Waals surface area contributed by atoms with Crippen LogP contribution in [0.2, 0.25) is 0 Å². The van der Waals surface area contributed by atoms with Crippen LogP contribution in [0.3, 0.4) is 0 Å². The molecular weight excluding hydrogens is 268 g/mol. The largest absolute Gasteiger partial charge is 0.370 e. The van der Waals surface area contributed by atoms with Gasteiger partial charge in [0.1, 0.15) is 11.9 Å². The first-order valence-electron chi connectivity index (χ1n) is 6.54. The van der Waals surface area contributed by atoms with Gasteiger partial charge in [0.2, 0.25) is 5.69 Å². The van der Waals surface area contributed by atoms with Crippen molar-refractivity contribution in [2.45, 2.75) is 12.8 Å². The zero-order valence-corrected chi connectivity index (χ0v) is 11.3. The molecular formula is C15H14N4O2. The monoisotopic (exact) mass is 282 g/mol. The second kappa shape index (κ2) is 7.01. The summed E-state index contributed by atoms with van der Waals surface area (Å²) >= 11 is 0. The molecule has 2 rings (SSSR count). The highest BCUT2D eigenvalue weighted by atomic mass is 16.6. The predicted octanol–water partition coefficient (Wildman–Crippen LogP) is 2.91. The lowest BCUT2D eigenvalue weighted by molar-refractivity contribution is -0.385. The van der Waals surface area contributed by atoms with E-state index in [0.29, 0.717) is 12.4 Å². The van der Waals surface area contributed by atoms with Crippen LogP contribution in [-0.4, -0.2) is 16.5 Å². The van der Waals surface area contributed by atoms with Crippen LogP contribution in [0.15, 0.2) is 42.5 Å². The summed E-state index contributed by atoms with van der Waals surface area (Å²) in [5.41, 5.74) is 0.814. The number of aromatic nitrogens is 1. The average molecular weight is 282 g/mol. The minimum absolute atomic E-state index is 0.173. The fraction of sp³-hybridized carbons (Fsp3) is 0.200. The van der Waals surface area contributed by atoms with Crippen LogP contribution < -0.4 is 5.32 Å². The number of nitrogens with one attached hydrogen (secondary N) is 1. The smallest absolute Gasteiger partial charge is 0.305 e. The third-order valence-electron chi connectivity index (χ3n) is 2.97. The van der Waals surface area contributed by atoms with Crippen LogP contribution in [0, 0.1) is 21.4 Å². The van der Waals surface area contributed by atoms with Gasteiger partial charge in [0.15, 0.2) is 0 Å². The summed E-state index contributed by atoms with van der Waals surface area (Å²) in [6.45, 7) is 0.685. The minimum Gasteiger partial charge on any atom is -0.370 e. The van der Waals surface area contributed by atoms with Gasteiger partial charge in [-0.2, -0.15) is 5.26 Å². The Morgan fingerprint density at radius 2 is 2.00 bits per heavy atom. The average Bonchev–Trinajstić information content (AvgIpc) is 2.52. The number of nitriles is 1. The van der Waals surface area contributed by atoms with Crippen molar-refractivity contribution in [3.8, 4) is 6.07 Å². The molecule has 0 aliphatic carbocycles. The maximum Gasteiger partial charge on any atom is 0.305 e. The Kier molecular flexibility index (Phi) is 4.83. The Morgan fingerprint density at radius 3 is 2.67 bits per heavy atom. The van der Waals surface area contributed by atoms with Gasteiger partial charge in [-0.05, 0) is 24.5 Å². The molecule has 1 N–H and O–H groups in total. The fourth-order valence-corrected chi connectivity index (χ4v) is 1.93. The fourth-order valence-electron chi connectivity index (χ4n) is 1.93. The first kappa shape index (κ1) is 14.5. The second-order valence-corrected chi connectivity index (χ2v) is 4.45. The molecule has 0 fully saturated rings. The van der Waals surface area contributed by atoms with Crippen LogP contribution in [0.5, 0.6) is 0 Å². The molecule has 21 heavy (non-hydrogen) atoms. The van der Waals surface area contributed by atoms with Crippen molar-refractivity contribution in [1.82, 2.24) is 4.98 Å². The van der Waals surface area contributed by atoms with E-state index in [4.69, 9.17) is 5.26 Å². The number of aryl methyl sites for hydroxylation is 1. The summed E-state index contributed by atoms with van der Waals surface area (Å²) in [6, 6.07) is 14.7. The van der Waals surface area contributed by atoms with Crippen molar-refractivity contribution in [3.05, 3.63) is 63.8 Å². The van der Waals surface area contributed by atoms with E-state index in [1.165, 1.54) is 17.7 Å². The van der Waals surface area contributed by atoms with Crippen molar-refractivity contribution < 1.29 is 4.92 Å². The Morgan fingerprint density at radius 1 is 1.24 bits per heavy atom. The molecule has 1 aromatic carbocycles. The molecule has 6 nitrogen and oxygen atoms in total. The van der Waals surface area contributed by atoms with E-state index < -0.39 is 4.92 Å². The van der Waals surface area contributed by atoms with E-state index >= 15 is 0 Å². The summed E-state index contributed by atoms with van der Waals surface area (Å²) in [7, 11) is 0. The predicted molar refractivity (Wildman–Crippen MR) is 78.9 cm³/mol. The molecule has 6 heteroatoms. The van der Waals surface area contributed by atoms with Gasteiger partial charge in [-0.15, -0.1) is 0 Å². The van der Waals surface area contributed by atoms with Gasteiger partial charge in [-0.1, -0.05) is 30.3 Å². The van der Waals surface area contributed by atoms with Crippen molar-refractivity contribution >= 4 is 11.5 Å². The van der Waals surface area contributed by atoms with E-state index in [1.54, 1.807) is 6.07 Å². The topological polar surface area (TPSA) is 91.8 Å². The number of hydrogen-bond acceptors (Lipinski definition) is 5. The summed E-state index contributed by atoms with van der Waals surface area (Å²) in [4.78, 5) is 14.0. The Labute approximate surface area is 122 Å². The van der Waals surface area contributed by atoms with Gasteiger partial charge in [0.05, 0.1) is 4.92 Å². The van der Waals surface area contributed by atoms with Crippen LogP contribution in [0.25, 0.3) is 0 Å². The standard InChI is InChI=1S/C15H14N4O2/c16-11-13-14(19(20)21)8-9-15(18-13)17-10-4-7-12-5-2-1-3-6-12/h1-3,5-6,8-9H,4,7,10H2,(H,17,18). The van der Waals surface area contributed by atoms with Crippen LogP contribution in [0.4, 0.5) is 11.5 Å². The molecule has 0 saturated heterocycles. The van der Waals surface area contributed by atoms with Crippen LogP contribution in [-0.2, 0) is 6.42 Å². The van der Waals surface area contributed by atoms with Gasteiger partial charge in [0.25, 0.3) is 0 Å². The number of pyridine rings is 1. The number of anilines is 1. The third-order valence-corrected chi connectivity index (χ3v) is 2.97. The van der Waals surface area contributed by atoms with Gasteiger partial charge < -0.3 is 5.32 Å². The molecule has 0 spiro atoms. The van der Waals surface area contributed by atoms with Gasteiger partial charge >= 0.3 is 5.69 Å². The van der Waals surface area contributed by atoms with E-state index in [0.717, 1.165) is 12.8 Å². The highest BCUT2D eigenvalue weighted by Crippen LogP contribution is 2.18. The highest BCUT2D eigenvalue weighted by molar-refractivity contribution is 5.50. The number of nitrogens with zero attached hydrogens (tertiary/aromatic N) is 3. The van der Waals surface area contributed by atoms with E-state index in [2.05, 4.69) is 22.4 Å². The number of benzene rings is 1. The molecule has 0 bridgehead atoms. The third kappa shape index (κ3) is 4.01. The molecule has 0 amide bonds. The molecule has 0 atom stereocenters. The van der Waals surface area contributed by atoms with Crippen molar-refractivity contribution in [2.75, 3.05) is 11.9 Å². The minimum atomic E-state index is -0.606. The number of rotatable bonds is 6. The molecule has 1 heterocycles. The zero-order chi connectivity index (χ0) is 15.1. The lowest BCUT2D eigenvalue weighted by Crippen LogP contribution is -2.06. The molecule has 0 unspecified atom stereocenters. The van der Waals surface area contributed by atoms with Gasteiger partial charge in [0, 0.05) is 12.6 Å². The van der Waals surface area contributed by atoms with Gasteiger partial charge in [-0.3, -0.25) is 10.1 Å². The number of hydrogen-bond donors (Lipinski definition) is 1. The Bertz CT molecular complexity index is 665. The normalized spacial score (nSPS) is 9.86. The van der Waals surface area contributed by atoms with Crippen molar-refractivity contribution in [3.63, 3.8) is 0 Å². The lowest BCUT2D eigenvalue weighted by Gasteiger charge is -2.06. The second-order valence-electron chi connectivity index (χ2n) is 4.45. The highest BCUT2D eigenvalue weighted by Gasteiger charge is 2.15. The molecule has 106 valence electrons. The van der Waals surface area contributed by atoms with Crippen molar-refractivity contribution in [1.29, 1.82) is 5.26 Å². The number of nitro groups is 1. The van der Waals surface area contributed by atoms with Crippen molar-refractivity contribution in [2.24, 2.45) is 0 Å². The quantitative estimate of drug-likeness (QED) is 0.499. The summed E-state index contributed by atoms with van der Waals surface area (Å²) in [6.07, 6.45) is 1.84. The molecule has 0 saturated carbocycles. The van der Waals surface area contributed by atoms with Crippen LogP contribution in [0.1, 0.15) is 17.7 Å². The first-order valence-corrected chi connectivity index (χ1v) is 6.54. The molecule has 2 aromatic rings. The van der Waals surface area contributed by atoms with E-state index in [-0.39, 0.29) is 11.4 Å². The molecule has 0 aliphatic heterocycles. The Hall–Kier alpha value is -2.94. The lowest BCUT2D eigenvalue weighted by atomic mass is 10.1. The summed E-state index contributed by atoms with van der Waals surface area (Å²) < 4.78 is 0. The maximum absolute atomic E-state index is 10.7. The van der Waals surface area contributed by atoms with E-state index in [9.17, 15) is 10.1 Å². The molecule has 0 radical (unpaired) electrons. The molecule has 1 aromatic heterocycles. The summed E-state index contributed by atoms with van der Waals surface area (Å²) in [5.74, 6) is 0.477.